The molecule has 0 heterocycles. The molecule has 0 aliphatic rings. The third-order valence-corrected chi connectivity index (χ3v) is 4.95. The van der Waals surface area contributed by atoms with Gasteiger partial charge in [0.25, 0.3) is 10.1 Å². The van der Waals surface area contributed by atoms with E-state index in [1.165, 1.54) is 0 Å². The predicted octanol–water partition coefficient (Wildman–Crippen LogP) is 4.95. The lowest BCUT2D eigenvalue weighted by Crippen LogP contribution is -2.06. The Morgan fingerprint density at radius 1 is 0.875 bits per heavy atom. The standard InChI is InChI=1S/C19H19NO3S/c1-13(2)15-8-5-6-10-17(15)20-18-12-11-14-7-3-4-9-16(14)19(18)24(21,22)23/h3-13,20H,1-2H3,(H,21,22,23). The summed E-state index contributed by atoms with van der Waals surface area (Å²) in [5.74, 6) is 0.281. The van der Waals surface area contributed by atoms with Crippen molar-refractivity contribution in [3.8, 4) is 0 Å². The number of nitrogens with one attached hydrogen (secondary N) is 1. The third kappa shape index (κ3) is 3.13. The monoisotopic (exact) mass is 341 g/mol. The summed E-state index contributed by atoms with van der Waals surface area (Å²) in [7, 11) is -4.38. The number of hydrogen-bond donors (Lipinski definition) is 2. The Morgan fingerprint density at radius 2 is 1.54 bits per heavy atom. The average Bonchev–Trinajstić information content (AvgIpc) is 2.53. The molecule has 0 spiro atoms. The Kier molecular flexibility index (Phi) is 4.30. The van der Waals surface area contributed by atoms with E-state index in [-0.39, 0.29) is 10.8 Å². The predicted molar refractivity (Wildman–Crippen MR) is 97.6 cm³/mol. The second kappa shape index (κ2) is 6.26. The van der Waals surface area contributed by atoms with Gasteiger partial charge in [-0.2, -0.15) is 8.42 Å². The van der Waals surface area contributed by atoms with Crippen LogP contribution in [0.2, 0.25) is 0 Å². The van der Waals surface area contributed by atoms with Crippen LogP contribution in [0.1, 0.15) is 25.3 Å². The average molecular weight is 341 g/mol. The normalized spacial score (nSPS) is 11.8. The summed E-state index contributed by atoms with van der Waals surface area (Å²) >= 11 is 0. The lowest BCUT2D eigenvalue weighted by atomic mass is 10.0. The first-order chi connectivity index (χ1) is 11.4. The maximum atomic E-state index is 12.0. The molecule has 0 saturated heterocycles. The third-order valence-electron chi connectivity index (χ3n) is 3.99. The fourth-order valence-electron chi connectivity index (χ4n) is 2.88. The van der Waals surface area contributed by atoms with Crippen LogP contribution in [0.15, 0.2) is 65.6 Å². The van der Waals surface area contributed by atoms with Crippen molar-refractivity contribution in [1.29, 1.82) is 0 Å². The van der Waals surface area contributed by atoms with Crippen molar-refractivity contribution >= 4 is 32.3 Å². The van der Waals surface area contributed by atoms with Crippen molar-refractivity contribution in [2.45, 2.75) is 24.7 Å². The minimum absolute atomic E-state index is 0.0980. The van der Waals surface area contributed by atoms with Crippen LogP contribution < -0.4 is 5.32 Å². The highest BCUT2D eigenvalue weighted by atomic mass is 32.2. The van der Waals surface area contributed by atoms with Crippen LogP contribution in [-0.2, 0) is 10.1 Å². The first-order valence-electron chi connectivity index (χ1n) is 7.73. The van der Waals surface area contributed by atoms with Gasteiger partial charge in [-0.3, -0.25) is 4.55 Å². The molecule has 3 rings (SSSR count). The zero-order valence-corrected chi connectivity index (χ0v) is 14.3. The molecular formula is C19H19NO3S. The number of benzene rings is 3. The van der Waals surface area contributed by atoms with Crippen molar-refractivity contribution in [3.05, 3.63) is 66.2 Å². The zero-order valence-electron chi connectivity index (χ0n) is 13.5. The van der Waals surface area contributed by atoms with E-state index >= 15 is 0 Å². The number of rotatable bonds is 4. The van der Waals surface area contributed by atoms with Crippen LogP contribution >= 0.6 is 0 Å². The molecule has 2 N–H and O–H groups in total. The number of fused-ring (bicyclic) bond motifs is 1. The van der Waals surface area contributed by atoms with E-state index in [1.54, 1.807) is 18.2 Å². The Balaban J connectivity index is 2.21. The maximum Gasteiger partial charge on any atom is 0.297 e. The first kappa shape index (κ1) is 16.5. The van der Waals surface area contributed by atoms with Crippen LogP contribution in [0, 0.1) is 0 Å². The summed E-state index contributed by atoms with van der Waals surface area (Å²) in [5, 5.41) is 4.43. The van der Waals surface area contributed by atoms with Crippen molar-refractivity contribution in [3.63, 3.8) is 0 Å². The number of anilines is 2. The van der Waals surface area contributed by atoms with E-state index in [0.717, 1.165) is 16.6 Å². The smallest absolute Gasteiger partial charge is 0.297 e. The Labute approximate surface area is 141 Å². The first-order valence-corrected chi connectivity index (χ1v) is 9.17. The molecule has 0 bridgehead atoms. The van der Waals surface area contributed by atoms with Gasteiger partial charge in [-0.15, -0.1) is 0 Å². The van der Waals surface area contributed by atoms with Gasteiger partial charge < -0.3 is 5.32 Å². The Hall–Kier alpha value is -2.37. The molecular weight excluding hydrogens is 322 g/mol. The lowest BCUT2D eigenvalue weighted by molar-refractivity contribution is 0.484. The highest BCUT2D eigenvalue weighted by Crippen LogP contribution is 2.34. The molecule has 4 nitrogen and oxygen atoms in total. The van der Waals surface area contributed by atoms with Crippen molar-refractivity contribution in [2.75, 3.05) is 5.32 Å². The van der Waals surface area contributed by atoms with E-state index < -0.39 is 10.1 Å². The molecule has 0 fully saturated rings. The molecule has 0 radical (unpaired) electrons. The summed E-state index contributed by atoms with van der Waals surface area (Å²) in [6, 6.07) is 18.4. The molecule has 0 aliphatic heterocycles. The van der Waals surface area contributed by atoms with E-state index in [2.05, 4.69) is 19.2 Å². The summed E-state index contributed by atoms with van der Waals surface area (Å²) in [6.07, 6.45) is 0. The number of para-hydroxylation sites is 1. The molecule has 0 unspecified atom stereocenters. The second-order valence-electron chi connectivity index (χ2n) is 6.01. The minimum atomic E-state index is -4.38. The van der Waals surface area contributed by atoms with E-state index in [9.17, 15) is 13.0 Å². The molecule has 5 heteroatoms. The van der Waals surface area contributed by atoms with Crippen molar-refractivity contribution in [2.24, 2.45) is 0 Å². The van der Waals surface area contributed by atoms with Crippen LogP contribution in [-0.4, -0.2) is 13.0 Å². The van der Waals surface area contributed by atoms with Crippen LogP contribution in [0.25, 0.3) is 10.8 Å². The van der Waals surface area contributed by atoms with E-state index in [4.69, 9.17) is 0 Å². The van der Waals surface area contributed by atoms with Gasteiger partial charge in [0.15, 0.2) is 0 Å². The lowest BCUT2D eigenvalue weighted by Gasteiger charge is -2.17. The highest BCUT2D eigenvalue weighted by Gasteiger charge is 2.20. The fourth-order valence-corrected chi connectivity index (χ4v) is 3.74. The summed E-state index contributed by atoms with van der Waals surface area (Å²) in [5.41, 5.74) is 2.27. The Bertz CT molecular complexity index is 994. The van der Waals surface area contributed by atoms with Gasteiger partial charge in [0.05, 0.1) is 5.69 Å². The molecule has 0 atom stereocenters. The topological polar surface area (TPSA) is 66.4 Å². The van der Waals surface area contributed by atoms with Gasteiger partial charge in [0, 0.05) is 11.1 Å². The van der Waals surface area contributed by atoms with Crippen LogP contribution in [0.5, 0.6) is 0 Å². The van der Waals surface area contributed by atoms with E-state index in [0.29, 0.717) is 11.1 Å². The summed E-state index contributed by atoms with van der Waals surface area (Å²) in [4.78, 5) is -0.0980. The highest BCUT2D eigenvalue weighted by molar-refractivity contribution is 7.86. The van der Waals surface area contributed by atoms with Gasteiger partial charge in [-0.25, -0.2) is 0 Å². The van der Waals surface area contributed by atoms with Gasteiger partial charge >= 0.3 is 0 Å². The van der Waals surface area contributed by atoms with Crippen LogP contribution in [0.4, 0.5) is 11.4 Å². The van der Waals surface area contributed by atoms with Gasteiger partial charge in [-0.05, 0) is 29.0 Å². The fraction of sp³-hybridized carbons (Fsp3) is 0.158. The SMILES string of the molecule is CC(C)c1ccccc1Nc1ccc2ccccc2c1S(=O)(=O)O. The van der Waals surface area contributed by atoms with Crippen LogP contribution in [0.3, 0.4) is 0 Å². The number of hydrogen-bond acceptors (Lipinski definition) is 3. The second-order valence-corrected chi connectivity index (χ2v) is 7.36. The quantitative estimate of drug-likeness (QED) is 0.659. The summed E-state index contributed by atoms with van der Waals surface area (Å²) in [6.45, 7) is 4.15. The van der Waals surface area contributed by atoms with E-state index in [1.807, 2.05) is 42.5 Å². The van der Waals surface area contributed by atoms with Gasteiger partial charge in [-0.1, -0.05) is 62.4 Å². The largest absolute Gasteiger partial charge is 0.354 e. The van der Waals surface area contributed by atoms with Crippen molar-refractivity contribution < 1.29 is 13.0 Å². The minimum Gasteiger partial charge on any atom is -0.354 e. The zero-order chi connectivity index (χ0) is 17.3. The molecule has 24 heavy (non-hydrogen) atoms. The molecule has 0 aliphatic carbocycles. The maximum absolute atomic E-state index is 12.0. The molecule has 124 valence electrons. The molecule has 0 amide bonds. The Morgan fingerprint density at radius 3 is 2.25 bits per heavy atom. The van der Waals surface area contributed by atoms with Gasteiger partial charge in [0.2, 0.25) is 0 Å². The molecule has 3 aromatic carbocycles. The summed E-state index contributed by atoms with van der Waals surface area (Å²) < 4.78 is 33.7. The van der Waals surface area contributed by atoms with Crippen molar-refractivity contribution in [1.82, 2.24) is 0 Å². The molecule has 0 aromatic heterocycles. The molecule has 0 saturated carbocycles. The van der Waals surface area contributed by atoms with Gasteiger partial charge in [0.1, 0.15) is 4.90 Å². The molecule has 3 aromatic rings.